The number of hydrogen-bond acceptors (Lipinski definition) is 1. The van der Waals surface area contributed by atoms with Gasteiger partial charge in [-0.1, -0.05) is 0 Å². The Labute approximate surface area is 89.2 Å². The van der Waals surface area contributed by atoms with Gasteiger partial charge in [-0.15, -0.1) is 0 Å². The van der Waals surface area contributed by atoms with Crippen molar-refractivity contribution in [2.75, 3.05) is 0 Å². The summed E-state index contributed by atoms with van der Waals surface area (Å²) in [7, 11) is 9.90. The van der Waals surface area contributed by atoms with Gasteiger partial charge in [0, 0.05) is 0 Å². The zero-order valence-corrected chi connectivity index (χ0v) is 10.5. The van der Waals surface area contributed by atoms with Crippen molar-refractivity contribution in [2.45, 2.75) is 0 Å². The van der Waals surface area contributed by atoms with Crippen LogP contribution in [0.25, 0.3) is 0 Å². The third-order valence-corrected chi connectivity index (χ3v) is 0. The van der Waals surface area contributed by atoms with Crippen molar-refractivity contribution >= 4 is 19.4 Å². The van der Waals surface area contributed by atoms with Gasteiger partial charge >= 0.3 is 85.9 Å². The summed E-state index contributed by atoms with van der Waals surface area (Å²) in [6, 6.07) is 0. The largest absolute Gasteiger partial charge is 1.00 e. The van der Waals surface area contributed by atoms with Crippen LogP contribution in [0.1, 0.15) is 0 Å². The van der Waals surface area contributed by atoms with E-state index in [-0.39, 0.29) is 56.9 Å². The summed E-state index contributed by atoms with van der Waals surface area (Å²) in [4.78, 5) is 0. The monoisotopic (exact) mass is 190 g/mol. The molecule has 0 aromatic rings. The van der Waals surface area contributed by atoms with Crippen molar-refractivity contribution in [1.82, 2.24) is 0 Å². The normalized spacial score (nSPS) is 2.00. The Bertz CT molecular complexity index is 9.61. The first-order valence-corrected chi connectivity index (χ1v) is 8.33. The number of rotatable bonds is 0. The van der Waals surface area contributed by atoms with Crippen LogP contribution in [0.5, 0.6) is 0 Å². The first-order valence-electron chi connectivity index (χ1n) is 0.535. The summed E-state index contributed by atoms with van der Waals surface area (Å²) in [6.45, 7) is 0. The Morgan fingerprint density at radius 3 is 1.20 bits per heavy atom. The van der Waals surface area contributed by atoms with Gasteiger partial charge in [0.25, 0.3) is 0 Å². The van der Waals surface area contributed by atoms with Crippen LogP contribution < -0.4 is 51.4 Å². The van der Waals surface area contributed by atoms with Crippen molar-refractivity contribution in [2.24, 2.45) is 0 Å². The fraction of sp³-hybridized carbons (Fsp3) is 0. The second-order valence-electron chi connectivity index (χ2n) is 0.101. The Morgan fingerprint density at radius 2 is 1.20 bits per heavy atom. The molecule has 0 aliphatic heterocycles. The van der Waals surface area contributed by atoms with Gasteiger partial charge in [0.05, 0.1) is 0 Å². The van der Waals surface area contributed by atoms with Gasteiger partial charge in [-0.3, -0.25) is 0 Å². The molecule has 0 aromatic heterocycles. The molecule has 1 N–H and O–H groups in total. The van der Waals surface area contributed by atoms with Gasteiger partial charge in [0.1, 0.15) is 0 Å². The summed E-state index contributed by atoms with van der Waals surface area (Å²) < 4.78 is 0. The predicted octanol–water partition coefficient (Wildman–Crippen LogP) is -1.80. The van der Waals surface area contributed by atoms with Gasteiger partial charge in [-0.25, -0.2) is 0 Å². The van der Waals surface area contributed by atoms with Gasteiger partial charge in [0.2, 0.25) is 0 Å². The Kier molecular flexibility index (Phi) is 49.6. The first kappa shape index (κ1) is 15.7. The summed E-state index contributed by atoms with van der Waals surface area (Å²) >= 11 is -0.931. The fourth-order valence-corrected chi connectivity index (χ4v) is 0. The van der Waals surface area contributed by atoms with Gasteiger partial charge in [-0.05, 0) is 0 Å². The van der Waals surface area contributed by atoms with Crippen molar-refractivity contribution < 1.29 is 72.0 Å². The molecule has 0 aromatic carbocycles. The van der Waals surface area contributed by atoms with E-state index < -0.39 is 15.1 Å². The smallest absolute Gasteiger partial charge is 0.870 e. The van der Waals surface area contributed by atoms with Crippen LogP contribution in [-0.4, -0.2) is 5.48 Å². The molecule has 0 heterocycles. The molecule has 0 atom stereocenters. The molecule has 0 fully saturated rings. The molecule has 0 spiro atoms. The predicted molar refractivity (Wildman–Crippen MR) is 13.6 cm³/mol. The molecule has 5 heavy (non-hydrogen) atoms. The molecule has 0 amide bonds. The quantitative estimate of drug-likeness (QED) is 0.417. The third-order valence-electron chi connectivity index (χ3n) is 0. The van der Waals surface area contributed by atoms with Crippen molar-refractivity contribution in [3.05, 3.63) is 0 Å². The van der Waals surface area contributed by atoms with E-state index in [1.165, 1.54) is 0 Å². The molecule has 0 aliphatic rings. The molecule has 0 rings (SSSR count). The summed E-state index contributed by atoms with van der Waals surface area (Å²) in [5.74, 6) is 0. The van der Waals surface area contributed by atoms with E-state index in [1.807, 2.05) is 0 Å². The summed E-state index contributed by atoms with van der Waals surface area (Å²) in [6.07, 6.45) is 0. The second kappa shape index (κ2) is 15.8. The molecular formula is HCl2KOZn. The van der Waals surface area contributed by atoms with E-state index in [2.05, 4.69) is 0 Å². The van der Waals surface area contributed by atoms with Crippen LogP contribution in [0.2, 0.25) is 0 Å². The van der Waals surface area contributed by atoms with Crippen LogP contribution in [0.15, 0.2) is 0 Å². The molecule has 5 heteroatoms. The molecule has 0 aliphatic carbocycles. The number of halogens is 2. The Balaban J connectivity index is -0.0000000200. The van der Waals surface area contributed by atoms with E-state index >= 15 is 0 Å². The van der Waals surface area contributed by atoms with Gasteiger partial charge in [-0.2, -0.15) is 0 Å². The van der Waals surface area contributed by atoms with Crippen LogP contribution in [0.3, 0.4) is 0 Å². The van der Waals surface area contributed by atoms with Gasteiger partial charge in [0.15, 0.2) is 0 Å². The SMILES string of the molecule is [Cl][Zn][Cl].[K+].[OH-]. The van der Waals surface area contributed by atoms with Crippen LogP contribution in [-0.2, 0) is 15.1 Å². The standard InChI is InChI=1S/2ClH.K.H2O.Zn/h2*1H;;1H2;/q;;+1;;+2/p-3. The van der Waals surface area contributed by atoms with Crippen LogP contribution >= 0.6 is 19.4 Å². The minimum absolute atomic E-state index is 0. The van der Waals surface area contributed by atoms with E-state index in [1.54, 1.807) is 0 Å². The number of hydrogen-bond donors (Lipinski definition) is 0. The molecule has 1 nitrogen and oxygen atoms in total. The molecular weight excluding hydrogens is 191 g/mol. The molecule has 0 unspecified atom stereocenters. The van der Waals surface area contributed by atoms with Crippen LogP contribution in [0.4, 0.5) is 0 Å². The summed E-state index contributed by atoms with van der Waals surface area (Å²) in [5, 5.41) is 0. The van der Waals surface area contributed by atoms with E-state index in [4.69, 9.17) is 19.4 Å². The zero-order valence-electron chi connectivity index (χ0n) is 2.91. The maximum absolute atomic E-state index is 4.95. The van der Waals surface area contributed by atoms with Crippen LogP contribution in [0, 0.1) is 0 Å². The molecule has 0 saturated carbocycles. The topological polar surface area (TPSA) is 30.0 Å². The average molecular weight is 192 g/mol. The van der Waals surface area contributed by atoms with Gasteiger partial charge < -0.3 is 5.48 Å². The van der Waals surface area contributed by atoms with E-state index in [9.17, 15) is 0 Å². The maximum atomic E-state index is 4.95. The van der Waals surface area contributed by atoms with E-state index in [0.717, 1.165) is 0 Å². The molecule has 0 bridgehead atoms. The molecule has 0 saturated heterocycles. The molecule has 24 valence electrons. The fourth-order valence-electron chi connectivity index (χ4n) is 0. The minimum atomic E-state index is -0.931. The maximum Gasteiger partial charge on any atom is 1.00 e. The second-order valence-corrected chi connectivity index (χ2v) is 4.72. The van der Waals surface area contributed by atoms with E-state index in [0.29, 0.717) is 0 Å². The average Bonchev–Trinajstić information content (AvgIpc) is 0.918. The Morgan fingerprint density at radius 1 is 1.20 bits per heavy atom. The molecule has 0 radical (unpaired) electrons. The van der Waals surface area contributed by atoms with Crippen molar-refractivity contribution in [1.29, 1.82) is 0 Å². The van der Waals surface area contributed by atoms with Crippen molar-refractivity contribution in [3.8, 4) is 0 Å². The summed E-state index contributed by atoms with van der Waals surface area (Å²) in [5.41, 5.74) is 0. The first-order chi connectivity index (χ1) is 1.41. The zero-order chi connectivity index (χ0) is 2.71. The third kappa shape index (κ3) is 20.0. The Hall–Kier alpha value is 2.80. The minimum Gasteiger partial charge on any atom is -0.870 e. The van der Waals surface area contributed by atoms with Crippen molar-refractivity contribution in [3.63, 3.8) is 0 Å².